The molecule has 0 aliphatic carbocycles. The largest absolute Gasteiger partial charge is 0.165 e. The fraction of sp³-hybridized carbons (Fsp3) is 1.00. The number of hydrogen-bond acceptors (Lipinski definition) is 6. The van der Waals surface area contributed by atoms with E-state index in [-0.39, 0.29) is 0 Å². The van der Waals surface area contributed by atoms with Crippen molar-refractivity contribution in [3.05, 3.63) is 0 Å². The lowest BCUT2D eigenvalue weighted by atomic mass is 10.2. The van der Waals surface area contributed by atoms with Crippen molar-refractivity contribution in [2.45, 2.75) is 27.8 Å². The molecular weight excluding hydrogens is 313 g/mol. The van der Waals surface area contributed by atoms with E-state index < -0.39 is 0 Å². The van der Waals surface area contributed by atoms with Gasteiger partial charge in [-0.05, 0) is 13.8 Å². The Kier molecular flexibility index (Phi) is 8.39. The molecule has 2 unspecified atom stereocenters. The third-order valence-corrected chi connectivity index (χ3v) is 8.98. The minimum atomic E-state index is 0.447. The summed E-state index contributed by atoms with van der Waals surface area (Å²) in [6, 6.07) is 0. The van der Waals surface area contributed by atoms with Gasteiger partial charge in [-0.2, -0.15) is 48.8 Å². The van der Waals surface area contributed by atoms with E-state index in [1.807, 2.05) is 23.5 Å². The number of thiol groups is 2. The van der Waals surface area contributed by atoms with Gasteiger partial charge in [0, 0.05) is 42.7 Å². The lowest BCUT2D eigenvalue weighted by Crippen LogP contribution is -2.38. The fourth-order valence-electron chi connectivity index (χ4n) is 1.37. The van der Waals surface area contributed by atoms with Crippen LogP contribution >= 0.6 is 72.3 Å². The van der Waals surface area contributed by atoms with Crippen LogP contribution in [0.5, 0.6) is 0 Å². The second kappa shape index (κ2) is 8.31. The van der Waals surface area contributed by atoms with Crippen LogP contribution in [0, 0.1) is 0 Å². The van der Waals surface area contributed by atoms with Gasteiger partial charge >= 0.3 is 0 Å². The molecule has 6 heteroatoms. The van der Waals surface area contributed by atoms with E-state index in [1.54, 1.807) is 0 Å². The Bertz CT molecular complexity index is 174. The van der Waals surface area contributed by atoms with Crippen LogP contribution in [0.15, 0.2) is 0 Å². The summed E-state index contributed by atoms with van der Waals surface area (Å²) < 4.78 is 1.34. The quantitative estimate of drug-likeness (QED) is 0.552. The topological polar surface area (TPSA) is 0 Å². The standard InChI is InChI=1S/C10H20S6/c1-8(11)14-6-10(7-15-9(2)12)5-13-3-4-16-10/h8-9,11-12H,3-7H2,1-2H3. The van der Waals surface area contributed by atoms with E-state index in [1.165, 1.54) is 28.8 Å². The summed E-state index contributed by atoms with van der Waals surface area (Å²) in [6.07, 6.45) is 0. The number of thioether (sulfide) groups is 4. The highest BCUT2D eigenvalue weighted by atomic mass is 32.2. The summed E-state index contributed by atoms with van der Waals surface area (Å²) in [5, 5.41) is 0. The Morgan fingerprint density at radius 3 is 2.06 bits per heavy atom. The SMILES string of the molecule is CC(S)SCC1(CSC(C)S)CSCCS1. The van der Waals surface area contributed by atoms with Crippen LogP contribution in [0.25, 0.3) is 0 Å². The van der Waals surface area contributed by atoms with Gasteiger partial charge in [0.1, 0.15) is 0 Å². The van der Waals surface area contributed by atoms with E-state index in [4.69, 9.17) is 0 Å². The first-order chi connectivity index (χ1) is 7.54. The van der Waals surface area contributed by atoms with Gasteiger partial charge in [-0.25, -0.2) is 0 Å². The van der Waals surface area contributed by atoms with Crippen LogP contribution < -0.4 is 0 Å². The van der Waals surface area contributed by atoms with Crippen molar-refractivity contribution in [3.63, 3.8) is 0 Å². The molecule has 0 radical (unpaired) electrons. The van der Waals surface area contributed by atoms with Crippen molar-refractivity contribution in [3.8, 4) is 0 Å². The molecule has 0 N–H and O–H groups in total. The van der Waals surface area contributed by atoms with Gasteiger partial charge in [-0.15, -0.1) is 23.5 Å². The minimum absolute atomic E-state index is 0.447. The van der Waals surface area contributed by atoms with Crippen LogP contribution in [-0.2, 0) is 0 Å². The average Bonchev–Trinajstić information content (AvgIpc) is 2.25. The molecule has 1 fully saturated rings. The highest BCUT2D eigenvalue weighted by Crippen LogP contribution is 2.41. The monoisotopic (exact) mass is 332 g/mol. The molecular formula is C10H20S6. The molecule has 1 heterocycles. The maximum absolute atomic E-state index is 4.47. The molecule has 2 atom stereocenters. The van der Waals surface area contributed by atoms with E-state index in [2.05, 4.69) is 62.6 Å². The van der Waals surface area contributed by atoms with Gasteiger partial charge in [-0.1, -0.05) is 0 Å². The van der Waals surface area contributed by atoms with Crippen molar-refractivity contribution in [2.75, 3.05) is 28.8 Å². The van der Waals surface area contributed by atoms with Gasteiger partial charge in [0.15, 0.2) is 0 Å². The zero-order chi connectivity index (χ0) is 12.0. The third kappa shape index (κ3) is 6.32. The Labute approximate surface area is 128 Å². The predicted molar refractivity (Wildman–Crippen MR) is 94.3 cm³/mol. The van der Waals surface area contributed by atoms with Gasteiger partial charge in [0.25, 0.3) is 0 Å². The predicted octanol–water partition coefficient (Wildman–Crippen LogP) is 4.22. The van der Waals surface area contributed by atoms with Gasteiger partial charge < -0.3 is 0 Å². The molecule has 0 bridgehead atoms. The Balaban J connectivity index is 2.45. The van der Waals surface area contributed by atoms with Crippen LogP contribution in [0.1, 0.15) is 13.8 Å². The maximum atomic E-state index is 4.47. The molecule has 0 nitrogen and oxygen atoms in total. The zero-order valence-electron chi connectivity index (χ0n) is 9.72. The lowest BCUT2D eigenvalue weighted by molar-refractivity contribution is 0.838. The van der Waals surface area contributed by atoms with Crippen molar-refractivity contribution < 1.29 is 0 Å². The molecule has 0 spiro atoms. The maximum Gasteiger partial charge on any atom is 0.0444 e. The highest BCUT2D eigenvalue weighted by Gasteiger charge is 2.33. The average molecular weight is 333 g/mol. The van der Waals surface area contributed by atoms with Crippen molar-refractivity contribution >= 4 is 72.3 Å². The summed E-state index contributed by atoms with van der Waals surface area (Å²) in [5.74, 6) is 6.35. The molecule has 0 aromatic rings. The van der Waals surface area contributed by atoms with E-state index >= 15 is 0 Å². The molecule has 96 valence electrons. The van der Waals surface area contributed by atoms with Gasteiger partial charge in [-0.3, -0.25) is 0 Å². The second-order valence-corrected chi connectivity index (χ2v) is 11.5. The Morgan fingerprint density at radius 1 is 1.12 bits per heavy atom. The van der Waals surface area contributed by atoms with Crippen molar-refractivity contribution in [2.24, 2.45) is 0 Å². The summed E-state index contributed by atoms with van der Waals surface area (Å²) in [7, 11) is 0. The van der Waals surface area contributed by atoms with Gasteiger partial charge in [0.05, 0.1) is 0 Å². The molecule has 1 rings (SSSR count). The summed E-state index contributed by atoms with van der Waals surface area (Å²) in [4.78, 5) is 0. The molecule has 0 amide bonds. The summed E-state index contributed by atoms with van der Waals surface area (Å²) >= 11 is 17.2. The summed E-state index contributed by atoms with van der Waals surface area (Å²) in [6.45, 7) is 4.33. The molecule has 1 aliphatic heterocycles. The fourth-order valence-corrected chi connectivity index (χ4v) is 7.32. The number of rotatable bonds is 6. The summed E-state index contributed by atoms with van der Waals surface area (Å²) in [5.41, 5.74) is 0. The van der Waals surface area contributed by atoms with Crippen molar-refractivity contribution in [1.29, 1.82) is 0 Å². The lowest BCUT2D eigenvalue weighted by Gasteiger charge is -2.36. The highest BCUT2D eigenvalue weighted by molar-refractivity contribution is 8.13. The molecule has 1 aliphatic rings. The van der Waals surface area contributed by atoms with Crippen LogP contribution in [-0.4, -0.2) is 42.7 Å². The Morgan fingerprint density at radius 2 is 1.69 bits per heavy atom. The molecule has 0 aromatic carbocycles. The van der Waals surface area contributed by atoms with Crippen LogP contribution in [0.4, 0.5) is 0 Å². The van der Waals surface area contributed by atoms with E-state index in [0.29, 0.717) is 13.9 Å². The smallest absolute Gasteiger partial charge is 0.0444 e. The molecule has 0 saturated carbocycles. The first-order valence-corrected chi connectivity index (χ1v) is 10.6. The van der Waals surface area contributed by atoms with Crippen LogP contribution in [0.2, 0.25) is 0 Å². The molecule has 0 aromatic heterocycles. The van der Waals surface area contributed by atoms with Crippen molar-refractivity contribution in [1.82, 2.24) is 0 Å². The molecule has 1 saturated heterocycles. The van der Waals surface area contributed by atoms with Crippen LogP contribution in [0.3, 0.4) is 0 Å². The minimum Gasteiger partial charge on any atom is -0.165 e. The van der Waals surface area contributed by atoms with E-state index in [0.717, 1.165) is 0 Å². The normalized spacial score (nSPS) is 30.0. The third-order valence-electron chi connectivity index (χ3n) is 2.18. The van der Waals surface area contributed by atoms with E-state index in [9.17, 15) is 0 Å². The first kappa shape index (κ1) is 16.2. The zero-order valence-corrected chi connectivity index (χ0v) is 14.8. The first-order valence-electron chi connectivity index (χ1n) is 5.35. The Hall–Kier alpha value is 2.10. The molecule has 16 heavy (non-hydrogen) atoms. The second-order valence-electron chi connectivity index (χ2n) is 3.90. The number of hydrogen-bond donors (Lipinski definition) is 2. The van der Waals surface area contributed by atoms with Gasteiger partial charge in [0.2, 0.25) is 0 Å².